The van der Waals surface area contributed by atoms with Gasteiger partial charge in [-0.25, -0.2) is 0 Å². The van der Waals surface area contributed by atoms with Crippen molar-refractivity contribution in [1.82, 2.24) is 0 Å². The second kappa shape index (κ2) is 6.68. The van der Waals surface area contributed by atoms with Gasteiger partial charge in [0, 0.05) is 6.42 Å². The van der Waals surface area contributed by atoms with Crippen molar-refractivity contribution in [2.75, 3.05) is 7.11 Å². The predicted octanol–water partition coefficient (Wildman–Crippen LogP) is 2.60. The van der Waals surface area contributed by atoms with E-state index in [1.165, 1.54) is 13.2 Å². The fourth-order valence-electron chi connectivity index (χ4n) is 1.33. The van der Waals surface area contributed by atoms with Gasteiger partial charge in [0.25, 0.3) is 0 Å². The van der Waals surface area contributed by atoms with Gasteiger partial charge >= 0.3 is 5.97 Å². The van der Waals surface area contributed by atoms with E-state index >= 15 is 0 Å². The number of unbranched alkanes of at least 4 members (excludes halogenated alkanes) is 1. The highest BCUT2D eigenvalue weighted by Gasteiger charge is 2.09. The maximum Gasteiger partial charge on any atom is 0.311 e. The van der Waals surface area contributed by atoms with E-state index in [4.69, 9.17) is 9.47 Å². The molecule has 4 heteroatoms. The molecule has 92 valence electrons. The van der Waals surface area contributed by atoms with E-state index in [1.807, 2.05) is 6.92 Å². The number of carbonyl (C=O) groups excluding carboxylic acids is 2. The second-order valence-corrected chi connectivity index (χ2v) is 3.60. The average molecular weight is 236 g/mol. The quantitative estimate of drug-likeness (QED) is 0.433. The zero-order valence-electron chi connectivity index (χ0n) is 10.1. The van der Waals surface area contributed by atoms with Gasteiger partial charge < -0.3 is 9.47 Å². The summed E-state index contributed by atoms with van der Waals surface area (Å²) in [7, 11) is 1.51. The Kier molecular flexibility index (Phi) is 5.20. The molecule has 0 aliphatic rings. The van der Waals surface area contributed by atoms with Crippen molar-refractivity contribution < 1.29 is 19.1 Å². The largest absolute Gasteiger partial charge is 0.497 e. The van der Waals surface area contributed by atoms with Crippen molar-refractivity contribution >= 4 is 12.3 Å². The summed E-state index contributed by atoms with van der Waals surface area (Å²) in [4.78, 5) is 22.3. The molecule has 0 saturated carbocycles. The highest BCUT2D eigenvalue weighted by Crippen LogP contribution is 2.23. The third-order valence-electron chi connectivity index (χ3n) is 2.30. The first-order valence-electron chi connectivity index (χ1n) is 5.55. The van der Waals surface area contributed by atoms with Crippen LogP contribution in [0.5, 0.6) is 11.5 Å². The Morgan fingerprint density at radius 1 is 1.41 bits per heavy atom. The van der Waals surface area contributed by atoms with E-state index < -0.39 is 0 Å². The zero-order chi connectivity index (χ0) is 12.7. The highest BCUT2D eigenvalue weighted by molar-refractivity contribution is 5.83. The predicted molar refractivity (Wildman–Crippen MR) is 63.5 cm³/mol. The minimum atomic E-state index is -0.319. The summed E-state index contributed by atoms with van der Waals surface area (Å²) in [5, 5.41) is 0. The molecule has 0 aliphatic carbocycles. The normalized spacial score (nSPS) is 9.76. The molecule has 0 bridgehead atoms. The number of hydrogen-bond donors (Lipinski definition) is 0. The van der Waals surface area contributed by atoms with Gasteiger partial charge in [-0.3, -0.25) is 9.59 Å². The molecule has 0 N–H and O–H groups in total. The topological polar surface area (TPSA) is 52.6 Å². The molecule has 0 unspecified atom stereocenters. The van der Waals surface area contributed by atoms with Crippen LogP contribution in [-0.4, -0.2) is 19.4 Å². The lowest BCUT2D eigenvalue weighted by atomic mass is 10.2. The average Bonchev–Trinajstić information content (AvgIpc) is 2.36. The summed E-state index contributed by atoms with van der Waals surface area (Å²) in [5.74, 6) is 0.516. The van der Waals surface area contributed by atoms with Crippen LogP contribution in [0.2, 0.25) is 0 Å². The maximum atomic E-state index is 11.4. The second-order valence-electron chi connectivity index (χ2n) is 3.60. The summed E-state index contributed by atoms with van der Waals surface area (Å²) < 4.78 is 10.1. The molecule has 1 rings (SSSR count). The van der Waals surface area contributed by atoms with Crippen LogP contribution >= 0.6 is 0 Å². The highest BCUT2D eigenvalue weighted by atomic mass is 16.5. The summed E-state index contributed by atoms with van der Waals surface area (Å²) in [5.41, 5.74) is 0.314. The number of carbonyl (C=O) groups is 2. The Balaban J connectivity index is 2.76. The van der Waals surface area contributed by atoms with Crippen molar-refractivity contribution in [3.8, 4) is 11.5 Å². The Hall–Kier alpha value is -1.84. The van der Waals surface area contributed by atoms with Gasteiger partial charge in [0.2, 0.25) is 0 Å². The SMILES string of the molecule is CCCCC(=O)Oc1ccc(OC)cc1C=O. The van der Waals surface area contributed by atoms with Crippen LogP contribution in [0.25, 0.3) is 0 Å². The minimum Gasteiger partial charge on any atom is -0.497 e. The van der Waals surface area contributed by atoms with E-state index in [0.29, 0.717) is 24.0 Å². The van der Waals surface area contributed by atoms with Gasteiger partial charge in [0.15, 0.2) is 6.29 Å². The molecule has 17 heavy (non-hydrogen) atoms. The molecule has 0 aliphatic heterocycles. The van der Waals surface area contributed by atoms with E-state index in [2.05, 4.69) is 0 Å². The van der Waals surface area contributed by atoms with Crippen LogP contribution in [0.3, 0.4) is 0 Å². The Bertz CT molecular complexity index is 398. The van der Waals surface area contributed by atoms with E-state index in [1.54, 1.807) is 12.1 Å². The molecule has 0 atom stereocenters. The van der Waals surface area contributed by atoms with Crippen LogP contribution < -0.4 is 9.47 Å². The van der Waals surface area contributed by atoms with Crippen LogP contribution in [0.1, 0.15) is 36.5 Å². The number of esters is 1. The molecule has 1 aromatic rings. The van der Waals surface area contributed by atoms with Gasteiger partial charge in [0.1, 0.15) is 11.5 Å². The molecule has 0 amide bonds. The van der Waals surface area contributed by atoms with Gasteiger partial charge in [-0.2, -0.15) is 0 Å². The molecule has 1 aromatic carbocycles. The Morgan fingerprint density at radius 3 is 2.76 bits per heavy atom. The molecule has 0 heterocycles. The number of ether oxygens (including phenoxy) is 2. The van der Waals surface area contributed by atoms with Gasteiger partial charge in [-0.1, -0.05) is 13.3 Å². The number of rotatable bonds is 6. The standard InChI is InChI=1S/C13H16O4/c1-3-4-5-13(15)17-12-7-6-11(16-2)8-10(12)9-14/h6-9H,3-5H2,1-2H3. The van der Waals surface area contributed by atoms with E-state index in [0.717, 1.165) is 12.8 Å². The van der Waals surface area contributed by atoms with Crippen LogP contribution in [-0.2, 0) is 4.79 Å². The molecule has 0 fully saturated rings. The van der Waals surface area contributed by atoms with Crippen molar-refractivity contribution in [2.24, 2.45) is 0 Å². The van der Waals surface area contributed by atoms with Crippen LogP contribution in [0, 0.1) is 0 Å². The lowest BCUT2D eigenvalue weighted by Gasteiger charge is -2.07. The van der Waals surface area contributed by atoms with Gasteiger partial charge in [0.05, 0.1) is 12.7 Å². The fourth-order valence-corrected chi connectivity index (χ4v) is 1.33. The third kappa shape index (κ3) is 3.90. The lowest BCUT2D eigenvalue weighted by Crippen LogP contribution is -2.08. The van der Waals surface area contributed by atoms with E-state index in [-0.39, 0.29) is 11.7 Å². The summed E-state index contributed by atoms with van der Waals surface area (Å²) in [6.07, 6.45) is 2.72. The summed E-state index contributed by atoms with van der Waals surface area (Å²) in [6, 6.07) is 4.75. The Labute approximate surface area is 101 Å². The van der Waals surface area contributed by atoms with Crippen molar-refractivity contribution in [2.45, 2.75) is 26.2 Å². The van der Waals surface area contributed by atoms with Crippen LogP contribution in [0.15, 0.2) is 18.2 Å². The maximum absolute atomic E-state index is 11.4. The van der Waals surface area contributed by atoms with Gasteiger partial charge in [-0.15, -0.1) is 0 Å². The number of hydrogen-bond acceptors (Lipinski definition) is 4. The third-order valence-corrected chi connectivity index (χ3v) is 2.30. The zero-order valence-corrected chi connectivity index (χ0v) is 10.1. The smallest absolute Gasteiger partial charge is 0.311 e. The van der Waals surface area contributed by atoms with Gasteiger partial charge in [-0.05, 0) is 24.6 Å². The monoisotopic (exact) mass is 236 g/mol. The summed E-state index contributed by atoms with van der Waals surface area (Å²) >= 11 is 0. The summed E-state index contributed by atoms with van der Waals surface area (Å²) in [6.45, 7) is 2.00. The molecular weight excluding hydrogens is 220 g/mol. The van der Waals surface area contributed by atoms with Crippen molar-refractivity contribution in [1.29, 1.82) is 0 Å². The molecule has 0 radical (unpaired) electrons. The minimum absolute atomic E-state index is 0.280. The molecule has 4 nitrogen and oxygen atoms in total. The molecule has 0 saturated heterocycles. The van der Waals surface area contributed by atoms with E-state index in [9.17, 15) is 9.59 Å². The Morgan fingerprint density at radius 2 is 2.18 bits per heavy atom. The fraction of sp³-hybridized carbons (Fsp3) is 0.385. The number of aldehydes is 1. The number of methoxy groups -OCH3 is 1. The van der Waals surface area contributed by atoms with Crippen molar-refractivity contribution in [3.63, 3.8) is 0 Å². The molecular formula is C13H16O4. The molecule has 0 aromatic heterocycles. The number of benzene rings is 1. The lowest BCUT2D eigenvalue weighted by molar-refractivity contribution is -0.134. The molecule has 0 spiro atoms. The first-order chi connectivity index (χ1) is 8.21. The first kappa shape index (κ1) is 13.2. The van der Waals surface area contributed by atoms with Crippen LogP contribution in [0.4, 0.5) is 0 Å². The first-order valence-corrected chi connectivity index (χ1v) is 5.55. The van der Waals surface area contributed by atoms with Crippen molar-refractivity contribution in [3.05, 3.63) is 23.8 Å².